The van der Waals surface area contributed by atoms with Gasteiger partial charge in [0, 0.05) is 25.2 Å². The monoisotopic (exact) mass is 400 g/mol. The number of aryl methyl sites for hydroxylation is 1. The molecule has 0 fully saturated rings. The van der Waals surface area contributed by atoms with Gasteiger partial charge in [0.2, 0.25) is 0 Å². The van der Waals surface area contributed by atoms with Gasteiger partial charge in [-0.1, -0.05) is 11.6 Å². The molecule has 0 bridgehead atoms. The number of alkyl halides is 3. The van der Waals surface area contributed by atoms with Gasteiger partial charge in [-0.2, -0.15) is 13.2 Å². The van der Waals surface area contributed by atoms with E-state index >= 15 is 0 Å². The lowest BCUT2D eigenvalue weighted by molar-refractivity contribution is -0.144. The Morgan fingerprint density at radius 2 is 1.89 bits per heavy atom. The fraction of sp³-hybridized carbons (Fsp3) is 0.267. The first-order chi connectivity index (χ1) is 12.6. The van der Waals surface area contributed by atoms with Gasteiger partial charge in [-0.3, -0.25) is 9.36 Å². The number of aromatic nitrogens is 6. The maximum Gasteiger partial charge on any atom is 0.431 e. The summed E-state index contributed by atoms with van der Waals surface area (Å²) in [7, 11) is 0.940. The van der Waals surface area contributed by atoms with E-state index in [0.717, 1.165) is 7.05 Å². The molecule has 0 aliphatic carbocycles. The van der Waals surface area contributed by atoms with Crippen LogP contribution in [0.5, 0.6) is 0 Å². The topological polar surface area (TPSA) is 87.6 Å². The molecule has 0 atom stereocenters. The summed E-state index contributed by atoms with van der Waals surface area (Å²) in [6.45, 7) is 2.23. The highest BCUT2D eigenvalue weighted by Gasteiger charge is 2.35. The Morgan fingerprint density at radius 1 is 1.19 bits per heavy atom. The molecule has 0 radical (unpaired) electrons. The number of benzene rings is 1. The van der Waals surface area contributed by atoms with Crippen molar-refractivity contribution in [3.63, 3.8) is 0 Å². The Balaban J connectivity index is 2.25. The molecule has 0 unspecified atom stereocenters. The van der Waals surface area contributed by atoms with Gasteiger partial charge in [0.1, 0.15) is 5.69 Å². The van der Waals surface area contributed by atoms with Gasteiger partial charge < -0.3 is 0 Å². The quantitative estimate of drug-likeness (QED) is 0.670. The Bertz CT molecular complexity index is 1130. The third-order valence-electron chi connectivity index (χ3n) is 3.89. The molecule has 3 aromatic rings. The molecule has 1 aromatic carbocycles. The Morgan fingerprint density at radius 3 is 2.52 bits per heavy atom. The van der Waals surface area contributed by atoms with E-state index in [1.54, 1.807) is 6.92 Å². The van der Waals surface area contributed by atoms with Crippen molar-refractivity contribution in [1.29, 1.82) is 0 Å². The smallest absolute Gasteiger partial charge is 0.292 e. The second-order valence-electron chi connectivity index (χ2n) is 5.52. The minimum atomic E-state index is -4.83. The lowest BCUT2D eigenvalue weighted by atomic mass is 10.2. The molecule has 2 aromatic heterocycles. The van der Waals surface area contributed by atoms with Crippen molar-refractivity contribution in [1.82, 2.24) is 29.3 Å². The normalized spacial score (nSPS) is 11.8. The van der Waals surface area contributed by atoms with Gasteiger partial charge in [-0.25, -0.2) is 14.0 Å². The Kier molecular flexibility index (Phi) is 4.64. The molecule has 2 heterocycles. The first kappa shape index (κ1) is 18.8. The lowest BCUT2D eigenvalue weighted by Gasteiger charge is -2.14. The van der Waals surface area contributed by atoms with Crippen LogP contribution in [-0.4, -0.2) is 29.3 Å². The van der Waals surface area contributed by atoms with E-state index in [1.807, 2.05) is 0 Å². The van der Waals surface area contributed by atoms with Gasteiger partial charge in [-0.15, -0.1) is 5.10 Å². The molecule has 0 saturated heterocycles. The van der Waals surface area contributed by atoms with Crippen LogP contribution in [0, 0.1) is 0 Å². The van der Waals surface area contributed by atoms with E-state index in [-0.39, 0.29) is 10.7 Å². The van der Waals surface area contributed by atoms with E-state index in [9.17, 15) is 22.8 Å². The van der Waals surface area contributed by atoms with Gasteiger partial charge in [0.15, 0.2) is 5.82 Å². The van der Waals surface area contributed by atoms with E-state index in [0.29, 0.717) is 33.1 Å². The summed E-state index contributed by atoms with van der Waals surface area (Å²) >= 11 is 6.17. The maximum absolute atomic E-state index is 13.0. The average Bonchev–Trinajstić information content (AvgIpc) is 3.07. The molecule has 27 heavy (non-hydrogen) atoms. The highest BCUT2D eigenvalue weighted by Crippen LogP contribution is 2.29. The largest absolute Gasteiger partial charge is 0.431 e. The van der Waals surface area contributed by atoms with Crippen molar-refractivity contribution in [3.8, 4) is 17.1 Å². The van der Waals surface area contributed by atoms with Crippen LogP contribution in [0.4, 0.5) is 13.2 Å². The number of nitrogens with zero attached hydrogens (tertiary/aromatic N) is 6. The third kappa shape index (κ3) is 3.25. The molecule has 142 valence electrons. The van der Waals surface area contributed by atoms with Crippen molar-refractivity contribution < 1.29 is 13.2 Å². The standard InChI is InChI=1S/C15H12ClF3N6O2/c1-3-24-13(20-21-22-24)9-6-8(4-5-10(9)16)25-12(26)7-11(15(17,18)19)23(2)14(25)27/h4-7H,3H2,1-2H3. The van der Waals surface area contributed by atoms with E-state index in [2.05, 4.69) is 15.5 Å². The second-order valence-corrected chi connectivity index (χ2v) is 5.93. The number of hydrogen-bond donors (Lipinski definition) is 0. The fourth-order valence-corrected chi connectivity index (χ4v) is 2.77. The number of halogens is 4. The summed E-state index contributed by atoms with van der Waals surface area (Å²) in [5.41, 5.74) is -3.22. The van der Waals surface area contributed by atoms with Crippen molar-refractivity contribution >= 4 is 11.6 Å². The van der Waals surface area contributed by atoms with E-state index in [1.165, 1.54) is 22.9 Å². The van der Waals surface area contributed by atoms with Gasteiger partial charge in [-0.05, 0) is 35.5 Å². The predicted molar refractivity (Wildman–Crippen MR) is 89.8 cm³/mol. The maximum atomic E-state index is 13.0. The minimum Gasteiger partial charge on any atom is -0.292 e. The Hall–Kier alpha value is -2.95. The molecular weight excluding hydrogens is 389 g/mol. The summed E-state index contributed by atoms with van der Waals surface area (Å²) in [6.07, 6.45) is -4.83. The van der Waals surface area contributed by atoms with Crippen LogP contribution in [-0.2, 0) is 19.8 Å². The van der Waals surface area contributed by atoms with Crippen molar-refractivity contribution in [2.75, 3.05) is 0 Å². The number of rotatable bonds is 3. The fourth-order valence-electron chi connectivity index (χ4n) is 2.57. The molecule has 0 aliphatic heterocycles. The molecule has 0 amide bonds. The third-order valence-corrected chi connectivity index (χ3v) is 4.22. The van der Waals surface area contributed by atoms with Crippen LogP contribution in [0.3, 0.4) is 0 Å². The zero-order chi connectivity index (χ0) is 19.9. The zero-order valence-electron chi connectivity index (χ0n) is 14.0. The van der Waals surface area contributed by atoms with Crippen LogP contribution in [0.25, 0.3) is 17.1 Å². The van der Waals surface area contributed by atoms with E-state index in [4.69, 9.17) is 11.6 Å². The SMILES string of the molecule is CCn1nnnc1-c1cc(-n2c(=O)cc(C(F)(F)F)n(C)c2=O)ccc1Cl. The van der Waals surface area contributed by atoms with E-state index < -0.39 is 23.1 Å². The van der Waals surface area contributed by atoms with Crippen LogP contribution in [0.1, 0.15) is 12.6 Å². The number of tetrazole rings is 1. The lowest BCUT2D eigenvalue weighted by Crippen LogP contribution is -2.40. The zero-order valence-corrected chi connectivity index (χ0v) is 14.8. The van der Waals surface area contributed by atoms with Crippen molar-refractivity contribution in [3.05, 3.63) is 55.8 Å². The summed E-state index contributed by atoms with van der Waals surface area (Å²) in [4.78, 5) is 24.6. The predicted octanol–water partition coefficient (Wildman–Crippen LogP) is 1.88. The van der Waals surface area contributed by atoms with Gasteiger partial charge in [0.05, 0.1) is 10.7 Å². The molecular formula is C15H12ClF3N6O2. The van der Waals surface area contributed by atoms with Gasteiger partial charge in [0.25, 0.3) is 5.56 Å². The average molecular weight is 401 g/mol. The van der Waals surface area contributed by atoms with Crippen LogP contribution >= 0.6 is 11.6 Å². The second kappa shape index (κ2) is 6.65. The van der Waals surface area contributed by atoms with Crippen LogP contribution in [0.2, 0.25) is 5.02 Å². The molecule has 0 spiro atoms. The first-order valence-electron chi connectivity index (χ1n) is 7.62. The van der Waals surface area contributed by atoms with Crippen molar-refractivity contribution in [2.24, 2.45) is 7.05 Å². The molecule has 0 N–H and O–H groups in total. The summed E-state index contributed by atoms with van der Waals surface area (Å²) in [5, 5.41) is 11.4. The van der Waals surface area contributed by atoms with Crippen LogP contribution in [0.15, 0.2) is 33.9 Å². The molecule has 8 nitrogen and oxygen atoms in total. The summed E-state index contributed by atoms with van der Waals surface area (Å²) in [5.74, 6) is 0.293. The first-order valence-corrected chi connectivity index (χ1v) is 7.99. The Labute approximate surface area is 154 Å². The summed E-state index contributed by atoms with van der Waals surface area (Å²) in [6, 6.07) is 4.49. The molecule has 3 rings (SSSR count). The summed E-state index contributed by atoms with van der Waals surface area (Å²) < 4.78 is 41.4. The van der Waals surface area contributed by atoms with Crippen molar-refractivity contribution in [2.45, 2.75) is 19.6 Å². The van der Waals surface area contributed by atoms with Crippen LogP contribution < -0.4 is 11.2 Å². The van der Waals surface area contributed by atoms with Gasteiger partial charge >= 0.3 is 11.9 Å². The number of hydrogen-bond acceptors (Lipinski definition) is 5. The molecule has 12 heteroatoms. The highest BCUT2D eigenvalue weighted by atomic mass is 35.5. The molecule has 0 aliphatic rings. The highest BCUT2D eigenvalue weighted by molar-refractivity contribution is 6.33. The molecule has 0 saturated carbocycles. The minimum absolute atomic E-state index is 0.0411.